The molecule has 1 aliphatic heterocycles. The van der Waals surface area contributed by atoms with E-state index in [1.54, 1.807) is 11.3 Å². The van der Waals surface area contributed by atoms with Crippen LogP contribution < -0.4 is 14.5 Å². The molecule has 1 aliphatic carbocycles. The van der Waals surface area contributed by atoms with Crippen molar-refractivity contribution in [1.82, 2.24) is 0 Å². The van der Waals surface area contributed by atoms with Crippen LogP contribution in [0.5, 0.6) is 11.5 Å². The highest BCUT2D eigenvalue weighted by Gasteiger charge is 2.52. The zero-order valence-electron chi connectivity index (χ0n) is 40.4. The second kappa shape index (κ2) is 16.0. The van der Waals surface area contributed by atoms with Gasteiger partial charge in [-0.15, -0.1) is 11.3 Å². The van der Waals surface area contributed by atoms with E-state index in [1.807, 2.05) is 0 Å². The lowest BCUT2D eigenvalue weighted by Crippen LogP contribution is -2.32. The zero-order chi connectivity index (χ0) is 47.3. The van der Waals surface area contributed by atoms with Crippen molar-refractivity contribution in [2.45, 2.75) is 84.0 Å². The van der Waals surface area contributed by atoms with Crippen molar-refractivity contribution in [1.29, 1.82) is 0 Å². The third-order valence-electron chi connectivity index (χ3n) is 14.2. The van der Waals surface area contributed by atoms with E-state index < -0.39 is 5.41 Å². The van der Waals surface area contributed by atoms with Crippen LogP contribution in [0.3, 0.4) is 0 Å². The molecule has 5 heteroatoms. The summed E-state index contributed by atoms with van der Waals surface area (Å²) in [5, 5.41) is 4.15. The summed E-state index contributed by atoms with van der Waals surface area (Å²) >= 11 is 9.93. The van der Waals surface area contributed by atoms with E-state index in [2.05, 4.69) is 253 Å². The van der Waals surface area contributed by atoms with Crippen molar-refractivity contribution in [2.24, 2.45) is 0 Å². The predicted octanol–water partition coefficient (Wildman–Crippen LogP) is 18.9. The van der Waals surface area contributed by atoms with E-state index in [0.29, 0.717) is 5.02 Å². The number of anilines is 6. The molecule has 0 atom stereocenters. The number of ether oxygens (including phenoxy) is 1. The molecule has 3 nitrogen and oxygen atoms in total. The number of thiophene rings is 1. The lowest BCUT2D eigenvalue weighted by Gasteiger charge is -2.39. The van der Waals surface area contributed by atoms with E-state index in [0.717, 1.165) is 56.8 Å². The van der Waals surface area contributed by atoms with Gasteiger partial charge < -0.3 is 14.5 Å². The van der Waals surface area contributed by atoms with Gasteiger partial charge in [0, 0.05) is 43.5 Å². The molecule has 2 heterocycles. The fraction of sp³-hybridized carbons (Fsp3) is 0.206. The van der Waals surface area contributed by atoms with Gasteiger partial charge in [0.15, 0.2) is 0 Å². The molecule has 1 aromatic heterocycles. The summed E-state index contributed by atoms with van der Waals surface area (Å²) in [4.78, 5) is 4.77. The minimum atomic E-state index is -0.622. The number of nitrogens with zero attached hydrogens (tertiary/aromatic N) is 2. The largest absolute Gasteiger partial charge is 0.457 e. The molecule has 1 spiro atoms. The van der Waals surface area contributed by atoms with E-state index >= 15 is 0 Å². The number of rotatable bonds is 6. The SMILES string of the molecule is CC(C)(C)c1ccc(N(c2cccc(N(c3ccc(C(C)(C)C)cc3)c3csc4ccc(C(C)(C)C)cc34)c2Cl)c2cccc3c2-c2ccccc2C32c3ccccc3Oc3ccccc32)cc1. The summed E-state index contributed by atoms with van der Waals surface area (Å²) in [7, 11) is 0. The number of halogens is 1. The molecule has 0 saturated carbocycles. The molecule has 0 radical (unpaired) electrons. The Bertz CT molecular complexity index is 3350. The van der Waals surface area contributed by atoms with Gasteiger partial charge in [0.2, 0.25) is 0 Å². The predicted molar refractivity (Wildman–Crippen MR) is 290 cm³/mol. The van der Waals surface area contributed by atoms with Gasteiger partial charge in [-0.2, -0.15) is 0 Å². The molecule has 8 aromatic carbocycles. The van der Waals surface area contributed by atoms with Crippen molar-refractivity contribution in [3.8, 4) is 22.6 Å². The fourth-order valence-electron chi connectivity index (χ4n) is 10.6. The Morgan fingerprint density at radius 2 is 0.897 bits per heavy atom. The number of benzene rings is 8. The number of hydrogen-bond acceptors (Lipinski definition) is 4. The molecular weight excluding hydrogens is 868 g/mol. The van der Waals surface area contributed by atoms with Crippen LogP contribution in [0.25, 0.3) is 21.2 Å². The second-order valence-corrected chi connectivity index (χ2v) is 22.8. The van der Waals surface area contributed by atoms with Crippen LogP contribution in [0.1, 0.15) is 101 Å². The van der Waals surface area contributed by atoms with Crippen LogP contribution in [-0.4, -0.2) is 0 Å². The zero-order valence-corrected chi connectivity index (χ0v) is 42.0. The third-order valence-corrected chi connectivity index (χ3v) is 15.5. The summed E-state index contributed by atoms with van der Waals surface area (Å²) in [5.74, 6) is 1.74. The summed E-state index contributed by atoms with van der Waals surface area (Å²) < 4.78 is 7.95. The van der Waals surface area contributed by atoms with Gasteiger partial charge in [-0.3, -0.25) is 0 Å². The number of para-hydroxylation sites is 2. The summed E-state index contributed by atoms with van der Waals surface area (Å²) in [5.41, 5.74) is 16.3. The lowest BCUT2D eigenvalue weighted by molar-refractivity contribution is 0.436. The maximum atomic E-state index is 8.16. The Hall–Kier alpha value is -6.59. The molecule has 0 N–H and O–H groups in total. The van der Waals surface area contributed by atoms with Gasteiger partial charge in [-0.25, -0.2) is 0 Å². The Morgan fingerprint density at radius 1 is 0.441 bits per heavy atom. The first-order valence-corrected chi connectivity index (χ1v) is 25.0. The third kappa shape index (κ3) is 6.98. The standard InChI is InChI=1S/C63H57ClN2OS/c1-60(2,3)40-28-33-43(34-29-40)65(51-23-16-22-50-58(51)45-18-10-11-19-47(45)63(50)48-20-12-14-26-55(48)67-56-27-15-13-21-49(56)63)52-24-17-25-53(59(52)64)66(44-35-30-41(31-36-44)61(4,5)6)54-39-68-57-37-32-42(38-46(54)57)62(7,8)9/h10-39H,1-9H3. The van der Waals surface area contributed by atoms with Crippen LogP contribution in [0.2, 0.25) is 5.02 Å². The van der Waals surface area contributed by atoms with E-state index in [4.69, 9.17) is 16.3 Å². The monoisotopic (exact) mass is 924 g/mol. The molecule has 2 aliphatic rings. The Morgan fingerprint density at radius 3 is 1.46 bits per heavy atom. The smallest absolute Gasteiger partial charge is 0.132 e. The Balaban J connectivity index is 1.18. The van der Waals surface area contributed by atoms with Crippen molar-refractivity contribution in [3.63, 3.8) is 0 Å². The molecule has 9 aromatic rings. The van der Waals surface area contributed by atoms with Gasteiger partial charge in [-0.05, 0) is 116 Å². The maximum Gasteiger partial charge on any atom is 0.132 e. The van der Waals surface area contributed by atoms with Gasteiger partial charge in [0.05, 0.1) is 33.2 Å². The lowest BCUT2D eigenvalue weighted by atomic mass is 9.66. The van der Waals surface area contributed by atoms with Gasteiger partial charge in [-0.1, -0.05) is 183 Å². The second-order valence-electron chi connectivity index (χ2n) is 21.5. The molecule has 0 unspecified atom stereocenters. The molecule has 0 bridgehead atoms. The number of hydrogen-bond donors (Lipinski definition) is 0. The molecular formula is C63H57ClN2OS. The molecule has 11 rings (SSSR count). The molecule has 0 saturated heterocycles. The first kappa shape index (κ1) is 43.9. The highest BCUT2D eigenvalue weighted by atomic mass is 35.5. The van der Waals surface area contributed by atoms with Crippen molar-refractivity contribution in [3.05, 3.63) is 225 Å². The molecule has 68 heavy (non-hydrogen) atoms. The Kier molecular flexibility index (Phi) is 10.3. The highest BCUT2D eigenvalue weighted by molar-refractivity contribution is 7.17. The Labute approximate surface area is 411 Å². The number of fused-ring (bicyclic) bond motifs is 10. The highest BCUT2D eigenvalue weighted by Crippen LogP contribution is 2.64. The van der Waals surface area contributed by atoms with Crippen LogP contribution in [0.15, 0.2) is 181 Å². The minimum absolute atomic E-state index is 0.00258. The average molecular weight is 926 g/mol. The van der Waals surface area contributed by atoms with Gasteiger partial charge in [0.1, 0.15) is 11.5 Å². The van der Waals surface area contributed by atoms with Crippen molar-refractivity contribution < 1.29 is 4.74 Å². The average Bonchev–Trinajstić information content (AvgIpc) is 3.87. The topological polar surface area (TPSA) is 15.7 Å². The minimum Gasteiger partial charge on any atom is -0.457 e. The quantitative estimate of drug-likeness (QED) is 0.165. The van der Waals surface area contributed by atoms with Crippen LogP contribution in [-0.2, 0) is 21.7 Å². The first-order chi connectivity index (χ1) is 32.5. The van der Waals surface area contributed by atoms with Crippen LogP contribution in [0, 0.1) is 0 Å². The van der Waals surface area contributed by atoms with Crippen molar-refractivity contribution in [2.75, 3.05) is 9.80 Å². The van der Waals surface area contributed by atoms with E-state index in [-0.39, 0.29) is 16.2 Å². The molecule has 0 amide bonds. The van der Waals surface area contributed by atoms with Gasteiger partial charge >= 0.3 is 0 Å². The van der Waals surface area contributed by atoms with Crippen LogP contribution >= 0.6 is 22.9 Å². The van der Waals surface area contributed by atoms with Crippen LogP contribution in [0.4, 0.5) is 34.1 Å². The van der Waals surface area contributed by atoms with Crippen molar-refractivity contribution >= 4 is 67.1 Å². The summed E-state index contributed by atoms with van der Waals surface area (Å²) in [6.45, 7) is 20.5. The molecule has 338 valence electrons. The first-order valence-electron chi connectivity index (χ1n) is 23.8. The van der Waals surface area contributed by atoms with Gasteiger partial charge in [0.25, 0.3) is 0 Å². The summed E-state index contributed by atoms with van der Waals surface area (Å²) in [6.07, 6.45) is 0. The maximum absolute atomic E-state index is 8.16. The van der Waals surface area contributed by atoms with E-state index in [1.165, 1.54) is 49.0 Å². The summed E-state index contributed by atoms with van der Waals surface area (Å²) in [6, 6.07) is 64.5. The fourth-order valence-corrected chi connectivity index (χ4v) is 11.8. The molecule has 0 fully saturated rings. The normalized spacial score (nSPS) is 13.7. The van der Waals surface area contributed by atoms with E-state index in [9.17, 15) is 0 Å².